The molecule has 1 heterocycles. The van der Waals surface area contributed by atoms with Gasteiger partial charge in [0.15, 0.2) is 0 Å². The van der Waals surface area contributed by atoms with Crippen molar-refractivity contribution in [2.24, 2.45) is 0 Å². The van der Waals surface area contributed by atoms with E-state index in [0.717, 1.165) is 25.0 Å². The molecule has 0 aliphatic carbocycles. The van der Waals surface area contributed by atoms with Gasteiger partial charge < -0.3 is 10.4 Å². The van der Waals surface area contributed by atoms with Crippen LogP contribution in [0.25, 0.3) is 0 Å². The molecule has 6 heteroatoms. The summed E-state index contributed by atoms with van der Waals surface area (Å²) in [6.45, 7) is 0. The Kier molecular flexibility index (Phi) is 4.71. The monoisotopic (exact) mass is 299 g/mol. The van der Waals surface area contributed by atoms with Gasteiger partial charge in [0.1, 0.15) is 0 Å². The number of para-hydroxylation sites is 1. The van der Waals surface area contributed by atoms with Gasteiger partial charge in [-0.3, -0.25) is 4.79 Å². The SMILES string of the molecule is O=C(O)c1cccc(Cl)c1NC(=O)C1CCCCS1. The maximum absolute atomic E-state index is 12.1. The predicted octanol–water partition coefficient (Wildman–Crippen LogP) is 3.26. The summed E-state index contributed by atoms with van der Waals surface area (Å²) in [7, 11) is 0. The number of hydrogen-bond acceptors (Lipinski definition) is 3. The number of hydrogen-bond donors (Lipinski definition) is 2. The molecule has 1 aliphatic heterocycles. The van der Waals surface area contributed by atoms with Gasteiger partial charge in [-0.15, -0.1) is 11.8 Å². The molecule has 1 fully saturated rings. The van der Waals surface area contributed by atoms with Gasteiger partial charge in [-0.05, 0) is 30.7 Å². The minimum Gasteiger partial charge on any atom is -0.478 e. The number of halogens is 1. The molecule has 2 rings (SSSR count). The molecule has 0 spiro atoms. The van der Waals surface area contributed by atoms with E-state index in [4.69, 9.17) is 16.7 Å². The molecular formula is C13H14ClNO3S. The Morgan fingerprint density at radius 2 is 2.16 bits per heavy atom. The largest absolute Gasteiger partial charge is 0.478 e. The van der Waals surface area contributed by atoms with E-state index >= 15 is 0 Å². The minimum absolute atomic E-state index is 0.0154. The third kappa shape index (κ3) is 3.42. The molecular weight excluding hydrogens is 286 g/mol. The lowest BCUT2D eigenvalue weighted by molar-refractivity contribution is -0.115. The number of carboxylic acid groups (broad SMARTS) is 1. The number of rotatable bonds is 3. The summed E-state index contributed by atoms with van der Waals surface area (Å²) in [6, 6.07) is 4.55. The Bertz CT molecular complexity index is 501. The first-order valence-corrected chi connectivity index (χ1v) is 7.46. The zero-order valence-electron chi connectivity index (χ0n) is 10.2. The van der Waals surface area contributed by atoms with Crippen molar-refractivity contribution in [3.8, 4) is 0 Å². The first-order chi connectivity index (χ1) is 9.09. The molecule has 1 atom stereocenters. The maximum Gasteiger partial charge on any atom is 0.337 e. The van der Waals surface area contributed by atoms with Crippen LogP contribution in [0.15, 0.2) is 18.2 Å². The predicted molar refractivity (Wildman–Crippen MR) is 77.1 cm³/mol. The molecule has 2 N–H and O–H groups in total. The van der Waals surface area contributed by atoms with Gasteiger partial charge >= 0.3 is 5.97 Å². The number of carboxylic acids is 1. The van der Waals surface area contributed by atoms with E-state index < -0.39 is 5.97 Å². The normalized spacial score (nSPS) is 18.9. The number of thioether (sulfide) groups is 1. The average molecular weight is 300 g/mol. The van der Waals surface area contributed by atoms with Crippen LogP contribution < -0.4 is 5.32 Å². The van der Waals surface area contributed by atoms with E-state index in [9.17, 15) is 9.59 Å². The van der Waals surface area contributed by atoms with E-state index in [1.165, 1.54) is 6.07 Å². The van der Waals surface area contributed by atoms with Gasteiger partial charge in [0.2, 0.25) is 5.91 Å². The van der Waals surface area contributed by atoms with Crippen LogP contribution in [0.5, 0.6) is 0 Å². The van der Waals surface area contributed by atoms with Crippen LogP contribution in [0.1, 0.15) is 29.6 Å². The van der Waals surface area contributed by atoms with Crippen molar-refractivity contribution in [3.05, 3.63) is 28.8 Å². The fourth-order valence-corrected chi connectivity index (χ4v) is 3.40. The number of benzene rings is 1. The minimum atomic E-state index is -1.10. The van der Waals surface area contributed by atoms with E-state index in [-0.39, 0.29) is 27.4 Å². The van der Waals surface area contributed by atoms with E-state index in [0.29, 0.717) is 0 Å². The van der Waals surface area contributed by atoms with Gasteiger partial charge in [0.05, 0.1) is 21.5 Å². The third-order valence-corrected chi connectivity index (χ3v) is 4.66. The highest BCUT2D eigenvalue weighted by atomic mass is 35.5. The fraction of sp³-hybridized carbons (Fsp3) is 0.385. The van der Waals surface area contributed by atoms with Crippen molar-refractivity contribution in [3.63, 3.8) is 0 Å². The summed E-state index contributed by atoms with van der Waals surface area (Å²) in [5.41, 5.74) is 0.203. The molecule has 4 nitrogen and oxygen atoms in total. The Hall–Kier alpha value is -1.20. The van der Waals surface area contributed by atoms with E-state index in [1.54, 1.807) is 23.9 Å². The lowest BCUT2D eigenvalue weighted by Crippen LogP contribution is -2.28. The highest BCUT2D eigenvalue weighted by molar-refractivity contribution is 8.00. The third-order valence-electron chi connectivity index (χ3n) is 2.96. The van der Waals surface area contributed by atoms with Crippen LogP contribution in [0.4, 0.5) is 5.69 Å². The van der Waals surface area contributed by atoms with Crippen molar-refractivity contribution in [2.45, 2.75) is 24.5 Å². The van der Waals surface area contributed by atoms with Crippen LogP contribution in [-0.2, 0) is 4.79 Å². The van der Waals surface area contributed by atoms with Crippen molar-refractivity contribution < 1.29 is 14.7 Å². The number of carbonyl (C=O) groups excluding carboxylic acids is 1. The molecule has 0 bridgehead atoms. The molecule has 1 saturated heterocycles. The van der Waals surface area contributed by atoms with Crippen LogP contribution in [-0.4, -0.2) is 28.0 Å². The molecule has 0 radical (unpaired) electrons. The lowest BCUT2D eigenvalue weighted by atomic mass is 10.1. The van der Waals surface area contributed by atoms with Gasteiger partial charge in [0, 0.05) is 0 Å². The zero-order valence-corrected chi connectivity index (χ0v) is 11.8. The molecule has 1 aliphatic rings. The number of aromatic carboxylic acids is 1. The second-order valence-electron chi connectivity index (χ2n) is 4.31. The highest BCUT2D eigenvalue weighted by Gasteiger charge is 2.24. The quantitative estimate of drug-likeness (QED) is 0.899. The van der Waals surface area contributed by atoms with Gasteiger partial charge in [0.25, 0.3) is 0 Å². The Morgan fingerprint density at radius 1 is 1.37 bits per heavy atom. The molecule has 102 valence electrons. The molecule has 1 aromatic rings. The van der Waals surface area contributed by atoms with Gasteiger partial charge in [-0.2, -0.15) is 0 Å². The molecule has 0 aromatic heterocycles. The fourth-order valence-electron chi connectivity index (χ4n) is 1.98. The average Bonchev–Trinajstić information content (AvgIpc) is 2.41. The number of anilines is 1. The first kappa shape index (κ1) is 14.2. The summed E-state index contributed by atoms with van der Waals surface area (Å²) in [5, 5.41) is 11.9. The molecule has 19 heavy (non-hydrogen) atoms. The van der Waals surface area contributed by atoms with Crippen molar-refractivity contribution in [2.75, 3.05) is 11.1 Å². The van der Waals surface area contributed by atoms with Crippen molar-refractivity contribution in [1.82, 2.24) is 0 Å². The van der Waals surface area contributed by atoms with Gasteiger partial charge in [-0.25, -0.2) is 4.79 Å². The summed E-state index contributed by atoms with van der Waals surface area (Å²) in [6.07, 6.45) is 2.98. The second-order valence-corrected chi connectivity index (χ2v) is 6.03. The lowest BCUT2D eigenvalue weighted by Gasteiger charge is -2.21. The smallest absolute Gasteiger partial charge is 0.337 e. The summed E-state index contributed by atoms with van der Waals surface area (Å²) in [5.74, 6) is -0.304. The van der Waals surface area contributed by atoms with Gasteiger partial charge in [-0.1, -0.05) is 24.1 Å². The summed E-state index contributed by atoms with van der Waals surface area (Å²) < 4.78 is 0. The maximum atomic E-state index is 12.1. The van der Waals surface area contributed by atoms with Crippen LogP contribution in [0.2, 0.25) is 5.02 Å². The topological polar surface area (TPSA) is 66.4 Å². The molecule has 1 aromatic carbocycles. The Balaban J connectivity index is 2.18. The van der Waals surface area contributed by atoms with Crippen molar-refractivity contribution >= 4 is 40.9 Å². The Labute approximate surface area is 120 Å². The van der Waals surface area contributed by atoms with Crippen LogP contribution in [0, 0.1) is 0 Å². The number of carbonyl (C=O) groups is 2. The van der Waals surface area contributed by atoms with E-state index in [2.05, 4.69) is 5.32 Å². The summed E-state index contributed by atoms with van der Waals surface area (Å²) >= 11 is 7.58. The first-order valence-electron chi connectivity index (χ1n) is 6.04. The highest BCUT2D eigenvalue weighted by Crippen LogP contribution is 2.30. The summed E-state index contributed by atoms with van der Waals surface area (Å²) in [4.78, 5) is 23.2. The van der Waals surface area contributed by atoms with Crippen LogP contribution in [0.3, 0.4) is 0 Å². The van der Waals surface area contributed by atoms with E-state index in [1.807, 2.05) is 0 Å². The zero-order chi connectivity index (χ0) is 13.8. The van der Waals surface area contributed by atoms with Crippen LogP contribution >= 0.6 is 23.4 Å². The second kappa shape index (κ2) is 6.30. The molecule has 1 unspecified atom stereocenters. The number of amides is 1. The Morgan fingerprint density at radius 3 is 2.79 bits per heavy atom. The number of nitrogens with one attached hydrogen (secondary N) is 1. The molecule has 1 amide bonds. The molecule has 0 saturated carbocycles. The standard InChI is InChI=1S/C13H14ClNO3S/c14-9-5-3-4-8(13(17)18)11(9)15-12(16)10-6-1-2-7-19-10/h3-5,10H,1-2,6-7H2,(H,15,16)(H,17,18). The van der Waals surface area contributed by atoms with Crippen molar-refractivity contribution in [1.29, 1.82) is 0 Å².